The second kappa shape index (κ2) is 8.20. The van der Waals surface area contributed by atoms with Crippen molar-refractivity contribution in [1.29, 1.82) is 5.26 Å². The van der Waals surface area contributed by atoms with Crippen molar-refractivity contribution in [2.45, 2.75) is 17.8 Å². The number of benzene rings is 1. The van der Waals surface area contributed by atoms with Gasteiger partial charge in [-0.15, -0.1) is 11.3 Å². The van der Waals surface area contributed by atoms with Crippen LogP contribution in [-0.2, 0) is 5.75 Å². The number of rotatable bonds is 6. The maximum Gasteiger partial charge on any atom is 0.310 e. The number of nitrogens with two attached hydrogens (primary N) is 1. The van der Waals surface area contributed by atoms with Crippen molar-refractivity contribution in [1.82, 2.24) is 15.0 Å². The molecule has 0 unspecified atom stereocenters. The van der Waals surface area contributed by atoms with Crippen LogP contribution in [0.2, 0.25) is 0 Å². The fourth-order valence-corrected chi connectivity index (χ4v) is 3.89. The van der Waals surface area contributed by atoms with Crippen LogP contribution in [0.3, 0.4) is 0 Å². The Kier molecular flexibility index (Phi) is 5.72. The molecular formula is C17H14N6O3S2. The molecule has 28 heavy (non-hydrogen) atoms. The number of hydrogen-bond acceptors (Lipinski definition) is 10. The number of thioether (sulfide) groups is 1. The first-order valence-corrected chi connectivity index (χ1v) is 9.73. The quantitative estimate of drug-likeness (QED) is 0.277. The Morgan fingerprint density at radius 2 is 2.18 bits per heavy atom. The molecule has 1 aromatic carbocycles. The van der Waals surface area contributed by atoms with Gasteiger partial charge in [0.25, 0.3) is 0 Å². The van der Waals surface area contributed by atoms with Crippen molar-refractivity contribution < 1.29 is 9.66 Å². The van der Waals surface area contributed by atoms with E-state index in [0.29, 0.717) is 22.2 Å². The second-order valence-corrected chi connectivity index (χ2v) is 7.52. The van der Waals surface area contributed by atoms with Gasteiger partial charge in [-0.1, -0.05) is 11.8 Å². The monoisotopic (exact) mass is 414 g/mol. The number of methoxy groups -OCH3 is 1. The van der Waals surface area contributed by atoms with Crippen molar-refractivity contribution in [2.75, 3.05) is 12.8 Å². The fourth-order valence-electron chi connectivity index (χ4n) is 2.43. The smallest absolute Gasteiger partial charge is 0.310 e. The van der Waals surface area contributed by atoms with Crippen LogP contribution in [0.15, 0.2) is 28.7 Å². The van der Waals surface area contributed by atoms with Gasteiger partial charge in [-0.05, 0) is 19.1 Å². The van der Waals surface area contributed by atoms with Crippen LogP contribution >= 0.6 is 23.1 Å². The van der Waals surface area contributed by atoms with E-state index in [4.69, 9.17) is 10.5 Å². The molecule has 0 saturated carbocycles. The Morgan fingerprint density at radius 3 is 2.79 bits per heavy atom. The lowest BCUT2D eigenvalue weighted by molar-refractivity contribution is -0.385. The summed E-state index contributed by atoms with van der Waals surface area (Å²) < 4.78 is 5.10. The Balaban J connectivity index is 2.01. The number of aryl methyl sites for hydroxylation is 1. The molecule has 3 aromatic rings. The number of nitro groups is 1. The van der Waals surface area contributed by atoms with Gasteiger partial charge in [-0.25, -0.2) is 15.0 Å². The number of nitriles is 1. The molecule has 0 fully saturated rings. The minimum Gasteiger partial charge on any atom is -0.490 e. The number of hydrogen-bond donors (Lipinski definition) is 1. The van der Waals surface area contributed by atoms with E-state index in [1.54, 1.807) is 11.3 Å². The first-order valence-electron chi connectivity index (χ1n) is 7.87. The SMILES string of the molecule is COc1cc(-c2nc(SCc3csc(C)n3)nc(N)c2C#N)ccc1[N+](=O)[O-]. The van der Waals surface area contributed by atoms with Gasteiger partial charge in [0, 0.05) is 22.8 Å². The molecule has 0 radical (unpaired) electrons. The van der Waals surface area contributed by atoms with Crippen LogP contribution in [0, 0.1) is 28.4 Å². The summed E-state index contributed by atoms with van der Waals surface area (Å²) in [5.41, 5.74) is 7.54. The minimum absolute atomic E-state index is 0.0433. The third-order valence-electron chi connectivity index (χ3n) is 3.69. The van der Waals surface area contributed by atoms with E-state index < -0.39 is 4.92 Å². The maximum atomic E-state index is 11.1. The van der Waals surface area contributed by atoms with E-state index in [-0.39, 0.29) is 22.8 Å². The number of ether oxygens (including phenoxy) is 1. The molecule has 0 aliphatic carbocycles. The molecule has 0 aliphatic rings. The largest absolute Gasteiger partial charge is 0.490 e. The number of nitrogens with zero attached hydrogens (tertiary/aromatic N) is 5. The van der Waals surface area contributed by atoms with Gasteiger partial charge in [-0.2, -0.15) is 5.26 Å². The summed E-state index contributed by atoms with van der Waals surface area (Å²) in [6.07, 6.45) is 0. The molecule has 0 amide bonds. The van der Waals surface area contributed by atoms with E-state index in [0.717, 1.165) is 10.7 Å². The van der Waals surface area contributed by atoms with Crippen molar-refractivity contribution in [3.63, 3.8) is 0 Å². The highest BCUT2D eigenvalue weighted by atomic mass is 32.2. The fraction of sp³-hybridized carbons (Fsp3) is 0.176. The van der Waals surface area contributed by atoms with Gasteiger partial charge in [0.15, 0.2) is 10.9 Å². The Bertz CT molecular complexity index is 1090. The van der Waals surface area contributed by atoms with Crippen LogP contribution in [0.4, 0.5) is 11.5 Å². The lowest BCUT2D eigenvalue weighted by atomic mass is 10.1. The third kappa shape index (κ3) is 4.03. The van der Waals surface area contributed by atoms with E-state index in [2.05, 4.69) is 15.0 Å². The molecule has 0 saturated heterocycles. The van der Waals surface area contributed by atoms with Crippen LogP contribution in [0.5, 0.6) is 5.75 Å². The molecule has 142 valence electrons. The van der Waals surface area contributed by atoms with E-state index >= 15 is 0 Å². The zero-order valence-electron chi connectivity index (χ0n) is 14.9. The van der Waals surface area contributed by atoms with Crippen LogP contribution in [0.1, 0.15) is 16.3 Å². The van der Waals surface area contributed by atoms with Crippen molar-refractivity contribution >= 4 is 34.6 Å². The van der Waals surface area contributed by atoms with Gasteiger partial charge < -0.3 is 10.5 Å². The summed E-state index contributed by atoms with van der Waals surface area (Å²) in [5.74, 6) is 0.663. The molecule has 0 spiro atoms. The molecule has 3 rings (SSSR count). The van der Waals surface area contributed by atoms with Crippen molar-refractivity contribution in [3.05, 3.63) is 50.0 Å². The summed E-state index contributed by atoms with van der Waals surface area (Å²) in [6.45, 7) is 1.93. The Labute approximate surface area is 168 Å². The van der Waals surface area contributed by atoms with E-state index in [1.165, 1.54) is 37.1 Å². The van der Waals surface area contributed by atoms with Gasteiger partial charge in [0.05, 0.1) is 28.4 Å². The second-order valence-electron chi connectivity index (χ2n) is 5.52. The lowest BCUT2D eigenvalue weighted by Crippen LogP contribution is -2.03. The normalized spacial score (nSPS) is 10.5. The highest BCUT2D eigenvalue weighted by Crippen LogP contribution is 2.34. The summed E-state index contributed by atoms with van der Waals surface area (Å²) in [4.78, 5) is 23.6. The summed E-state index contributed by atoms with van der Waals surface area (Å²) in [5, 5.41) is 23.9. The topological polar surface area (TPSA) is 141 Å². The minimum atomic E-state index is -0.542. The van der Waals surface area contributed by atoms with Crippen LogP contribution in [-0.4, -0.2) is 27.0 Å². The summed E-state index contributed by atoms with van der Waals surface area (Å²) >= 11 is 2.89. The summed E-state index contributed by atoms with van der Waals surface area (Å²) in [6, 6.07) is 6.26. The van der Waals surface area contributed by atoms with Gasteiger partial charge in [0.2, 0.25) is 0 Å². The number of nitro benzene ring substituents is 1. The van der Waals surface area contributed by atoms with Crippen LogP contribution < -0.4 is 10.5 Å². The number of aromatic nitrogens is 3. The Morgan fingerprint density at radius 1 is 1.39 bits per heavy atom. The van der Waals surface area contributed by atoms with E-state index in [1.807, 2.05) is 18.4 Å². The molecular weight excluding hydrogens is 400 g/mol. The molecule has 0 bridgehead atoms. The zero-order chi connectivity index (χ0) is 20.3. The molecule has 2 aromatic heterocycles. The summed E-state index contributed by atoms with van der Waals surface area (Å²) in [7, 11) is 1.34. The Hall–Kier alpha value is -3.23. The predicted molar refractivity (Wildman–Crippen MR) is 106 cm³/mol. The predicted octanol–water partition coefficient (Wildman–Crippen LogP) is 3.57. The van der Waals surface area contributed by atoms with Gasteiger partial charge in [0.1, 0.15) is 17.5 Å². The molecule has 11 heteroatoms. The molecule has 2 N–H and O–H groups in total. The number of anilines is 1. The molecule has 2 heterocycles. The number of nitrogen functional groups attached to an aromatic ring is 1. The average molecular weight is 414 g/mol. The third-order valence-corrected chi connectivity index (χ3v) is 5.40. The highest BCUT2D eigenvalue weighted by Gasteiger charge is 2.20. The lowest BCUT2D eigenvalue weighted by Gasteiger charge is -2.10. The van der Waals surface area contributed by atoms with Gasteiger partial charge >= 0.3 is 5.69 Å². The van der Waals surface area contributed by atoms with E-state index in [9.17, 15) is 15.4 Å². The average Bonchev–Trinajstić information content (AvgIpc) is 3.10. The van der Waals surface area contributed by atoms with Gasteiger partial charge in [-0.3, -0.25) is 10.1 Å². The molecule has 9 nitrogen and oxygen atoms in total. The zero-order valence-corrected chi connectivity index (χ0v) is 16.5. The molecule has 0 atom stereocenters. The molecule has 0 aliphatic heterocycles. The standard InChI is InChI=1S/C17H14N6O3S2/c1-9-20-11(7-27-9)8-28-17-21-15(12(6-18)16(19)22-17)10-3-4-13(23(24)25)14(5-10)26-2/h3-5,7H,8H2,1-2H3,(H2,19,21,22). The highest BCUT2D eigenvalue weighted by molar-refractivity contribution is 7.98. The maximum absolute atomic E-state index is 11.1. The first kappa shape index (κ1) is 19.5. The van der Waals surface area contributed by atoms with Crippen molar-refractivity contribution in [2.24, 2.45) is 0 Å². The number of thiazole rings is 1. The van der Waals surface area contributed by atoms with Crippen molar-refractivity contribution in [3.8, 4) is 23.1 Å². The first-order chi connectivity index (χ1) is 13.4. The van der Waals surface area contributed by atoms with Crippen LogP contribution in [0.25, 0.3) is 11.3 Å².